The van der Waals surface area contributed by atoms with Crippen LogP contribution in [0.15, 0.2) is 34.9 Å². The fourth-order valence-electron chi connectivity index (χ4n) is 3.44. The molecule has 1 aromatic heterocycles. The van der Waals surface area contributed by atoms with Gasteiger partial charge in [0.2, 0.25) is 17.6 Å². The summed E-state index contributed by atoms with van der Waals surface area (Å²) in [6.07, 6.45) is 3.91. The number of carbonyl (C=O) groups excluding carboxylic acids is 1. The number of hydrogen-bond donors (Lipinski definition) is 1. The van der Waals surface area contributed by atoms with Crippen molar-refractivity contribution in [2.45, 2.75) is 52.1 Å². The zero-order valence-electron chi connectivity index (χ0n) is 15.6. The summed E-state index contributed by atoms with van der Waals surface area (Å²) in [4.78, 5) is 19.3. The Bertz CT molecular complexity index is 697. The Balaban J connectivity index is 1.57. The quantitative estimate of drug-likeness (QED) is 0.824. The molecule has 1 fully saturated rings. The zero-order chi connectivity index (χ0) is 18.4. The van der Waals surface area contributed by atoms with Crippen molar-refractivity contribution in [1.29, 1.82) is 0 Å². The fraction of sp³-hybridized carbons (Fsp3) is 0.550. The lowest BCUT2D eigenvalue weighted by atomic mass is 9.96. The van der Waals surface area contributed by atoms with Gasteiger partial charge in [0.25, 0.3) is 0 Å². The highest BCUT2D eigenvalue weighted by Crippen LogP contribution is 2.20. The van der Waals surface area contributed by atoms with Crippen molar-refractivity contribution >= 4 is 5.91 Å². The molecule has 1 aliphatic heterocycles. The van der Waals surface area contributed by atoms with E-state index >= 15 is 0 Å². The Labute approximate surface area is 155 Å². The first kappa shape index (κ1) is 18.6. The molecule has 6 heteroatoms. The summed E-state index contributed by atoms with van der Waals surface area (Å²) in [7, 11) is 0. The number of nitrogens with zero attached hydrogens (tertiary/aromatic N) is 3. The lowest BCUT2D eigenvalue weighted by Gasteiger charge is -2.31. The molecule has 2 aromatic rings. The van der Waals surface area contributed by atoms with E-state index < -0.39 is 0 Å². The minimum Gasteiger partial charge on any atom is -0.353 e. The maximum atomic E-state index is 12.5. The van der Waals surface area contributed by atoms with Crippen LogP contribution in [0.1, 0.15) is 45.4 Å². The molecule has 1 saturated heterocycles. The lowest BCUT2D eigenvalue weighted by molar-refractivity contribution is -0.127. The van der Waals surface area contributed by atoms with E-state index in [4.69, 9.17) is 4.52 Å². The average Bonchev–Trinajstić information content (AvgIpc) is 3.15. The molecule has 140 valence electrons. The minimum absolute atomic E-state index is 0.0425. The Morgan fingerprint density at radius 3 is 2.81 bits per heavy atom. The molecule has 0 aliphatic carbocycles. The number of piperidine rings is 1. The van der Waals surface area contributed by atoms with Crippen molar-refractivity contribution in [3.63, 3.8) is 0 Å². The predicted octanol–water partition coefficient (Wildman–Crippen LogP) is 3.25. The van der Waals surface area contributed by atoms with Gasteiger partial charge >= 0.3 is 0 Å². The molecule has 0 radical (unpaired) electrons. The summed E-state index contributed by atoms with van der Waals surface area (Å²) < 4.78 is 5.41. The maximum Gasteiger partial charge on any atom is 0.241 e. The highest BCUT2D eigenvalue weighted by Gasteiger charge is 2.27. The molecule has 1 N–H and O–H groups in total. The van der Waals surface area contributed by atoms with Gasteiger partial charge in [0.15, 0.2) is 0 Å². The van der Waals surface area contributed by atoms with E-state index in [1.807, 2.05) is 30.3 Å². The van der Waals surface area contributed by atoms with Crippen LogP contribution in [0.25, 0.3) is 11.4 Å². The molecule has 0 bridgehead atoms. The van der Waals surface area contributed by atoms with E-state index in [2.05, 4.69) is 34.2 Å². The van der Waals surface area contributed by atoms with Crippen LogP contribution in [0.4, 0.5) is 0 Å². The third-order valence-corrected chi connectivity index (χ3v) is 5.07. The minimum atomic E-state index is 0.0425. The monoisotopic (exact) mass is 356 g/mol. The summed E-state index contributed by atoms with van der Waals surface area (Å²) in [5, 5.41) is 7.25. The third-order valence-electron chi connectivity index (χ3n) is 5.07. The molecule has 0 spiro atoms. The number of aromatic nitrogens is 2. The van der Waals surface area contributed by atoms with E-state index in [0.29, 0.717) is 18.3 Å². The number of carbonyl (C=O) groups is 1. The second-order valence-electron chi connectivity index (χ2n) is 6.97. The molecule has 1 amide bonds. The van der Waals surface area contributed by atoms with Gasteiger partial charge in [-0.15, -0.1) is 0 Å². The topological polar surface area (TPSA) is 71.3 Å². The maximum absolute atomic E-state index is 12.5. The molecule has 0 saturated carbocycles. The van der Waals surface area contributed by atoms with Gasteiger partial charge < -0.3 is 9.84 Å². The summed E-state index contributed by atoms with van der Waals surface area (Å²) in [6.45, 7) is 6.52. The first-order chi connectivity index (χ1) is 12.7. The average molecular weight is 356 g/mol. The van der Waals surface area contributed by atoms with Gasteiger partial charge in [-0.05, 0) is 32.2 Å². The molecule has 1 aliphatic rings. The first-order valence-corrected chi connectivity index (χ1v) is 9.60. The van der Waals surface area contributed by atoms with E-state index in [9.17, 15) is 4.79 Å². The van der Waals surface area contributed by atoms with Crippen molar-refractivity contribution in [2.24, 2.45) is 5.92 Å². The Kier molecular flexibility index (Phi) is 6.39. The van der Waals surface area contributed by atoms with Crippen LogP contribution in [0.3, 0.4) is 0 Å². The number of nitrogens with one attached hydrogen (secondary N) is 1. The van der Waals surface area contributed by atoms with E-state index in [1.165, 1.54) is 0 Å². The number of amides is 1. The van der Waals surface area contributed by atoms with E-state index in [-0.39, 0.29) is 17.9 Å². The molecule has 1 unspecified atom stereocenters. The van der Waals surface area contributed by atoms with Crippen molar-refractivity contribution in [3.8, 4) is 11.4 Å². The summed E-state index contributed by atoms with van der Waals surface area (Å²) in [6, 6.07) is 10.1. The number of benzene rings is 1. The van der Waals surface area contributed by atoms with Crippen LogP contribution in [0.5, 0.6) is 0 Å². The predicted molar refractivity (Wildman–Crippen MR) is 100 cm³/mol. The van der Waals surface area contributed by atoms with Gasteiger partial charge in [0, 0.05) is 18.2 Å². The number of hydrogen-bond acceptors (Lipinski definition) is 5. The lowest BCUT2D eigenvalue weighted by Crippen LogP contribution is -2.45. The Hall–Kier alpha value is -2.21. The summed E-state index contributed by atoms with van der Waals surface area (Å²) in [5.74, 6) is 1.44. The molecular formula is C20H28N4O2. The van der Waals surface area contributed by atoms with Gasteiger partial charge in [-0.3, -0.25) is 9.69 Å². The first-order valence-electron chi connectivity index (χ1n) is 9.60. The standard InChI is InChI=1S/C20H28N4O2/c1-3-17(4-2)21-20(25)16-11-8-12-24(13-16)14-18-22-19(23-26-18)15-9-6-5-7-10-15/h5-7,9-10,16-17H,3-4,8,11-14H2,1-2H3,(H,21,25). The normalized spacial score (nSPS) is 18.2. The molecular weight excluding hydrogens is 328 g/mol. The van der Waals surface area contributed by atoms with Gasteiger partial charge in [0.05, 0.1) is 12.5 Å². The van der Waals surface area contributed by atoms with E-state index in [0.717, 1.165) is 44.3 Å². The van der Waals surface area contributed by atoms with Crippen molar-refractivity contribution in [3.05, 3.63) is 36.2 Å². The van der Waals surface area contributed by atoms with E-state index in [1.54, 1.807) is 0 Å². The van der Waals surface area contributed by atoms with Crippen molar-refractivity contribution in [2.75, 3.05) is 13.1 Å². The molecule has 26 heavy (non-hydrogen) atoms. The van der Waals surface area contributed by atoms with Crippen LogP contribution in [-0.4, -0.2) is 40.1 Å². The van der Waals surface area contributed by atoms with Gasteiger partial charge in [0.1, 0.15) is 0 Å². The second-order valence-corrected chi connectivity index (χ2v) is 6.97. The van der Waals surface area contributed by atoms with Crippen molar-refractivity contribution < 1.29 is 9.32 Å². The van der Waals surface area contributed by atoms with Crippen LogP contribution >= 0.6 is 0 Å². The Morgan fingerprint density at radius 1 is 1.31 bits per heavy atom. The van der Waals surface area contributed by atoms with Crippen LogP contribution in [0.2, 0.25) is 0 Å². The molecule has 6 nitrogen and oxygen atoms in total. The number of likely N-dealkylation sites (tertiary alicyclic amines) is 1. The SMILES string of the molecule is CCC(CC)NC(=O)C1CCCN(Cc2nc(-c3ccccc3)no2)C1. The highest BCUT2D eigenvalue weighted by atomic mass is 16.5. The van der Waals surface area contributed by atoms with Crippen molar-refractivity contribution in [1.82, 2.24) is 20.4 Å². The highest BCUT2D eigenvalue weighted by molar-refractivity contribution is 5.79. The van der Waals surface area contributed by atoms with Crippen LogP contribution < -0.4 is 5.32 Å². The Morgan fingerprint density at radius 2 is 2.08 bits per heavy atom. The summed E-state index contributed by atoms with van der Waals surface area (Å²) >= 11 is 0. The van der Waals surface area contributed by atoms with Gasteiger partial charge in [-0.2, -0.15) is 4.98 Å². The molecule has 3 rings (SSSR count). The third kappa shape index (κ3) is 4.69. The smallest absolute Gasteiger partial charge is 0.241 e. The second kappa shape index (κ2) is 8.94. The van der Waals surface area contributed by atoms with Gasteiger partial charge in [-0.25, -0.2) is 0 Å². The molecule has 2 heterocycles. The largest absolute Gasteiger partial charge is 0.353 e. The summed E-state index contributed by atoms with van der Waals surface area (Å²) in [5.41, 5.74) is 0.948. The fourth-order valence-corrected chi connectivity index (χ4v) is 3.44. The molecule has 1 aromatic carbocycles. The molecule has 1 atom stereocenters. The zero-order valence-corrected chi connectivity index (χ0v) is 15.6. The van der Waals surface area contributed by atoms with Crippen LogP contribution in [-0.2, 0) is 11.3 Å². The van der Waals surface area contributed by atoms with Gasteiger partial charge in [-0.1, -0.05) is 49.3 Å². The number of rotatable bonds is 7. The van der Waals surface area contributed by atoms with Crippen LogP contribution in [0, 0.1) is 5.92 Å².